The first-order chi connectivity index (χ1) is 14.0. The van der Waals surface area contributed by atoms with Crippen LogP contribution in [0.3, 0.4) is 0 Å². The number of amides is 2. The zero-order chi connectivity index (χ0) is 21.1. The van der Waals surface area contributed by atoms with E-state index < -0.39 is 5.91 Å². The maximum Gasteiger partial charge on any atom is 0.261 e. The Morgan fingerprint density at radius 3 is 2.41 bits per heavy atom. The predicted molar refractivity (Wildman–Crippen MR) is 112 cm³/mol. The van der Waals surface area contributed by atoms with Crippen LogP contribution in [0.4, 0.5) is 0 Å². The van der Waals surface area contributed by atoms with Crippen molar-refractivity contribution in [1.29, 1.82) is 5.26 Å². The molecule has 2 N–H and O–H groups in total. The molecule has 0 fully saturated rings. The van der Waals surface area contributed by atoms with Crippen molar-refractivity contribution in [2.75, 3.05) is 13.2 Å². The molecule has 0 aliphatic carbocycles. The van der Waals surface area contributed by atoms with Crippen molar-refractivity contribution in [2.24, 2.45) is 0 Å². The van der Waals surface area contributed by atoms with Gasteiger partial charge in [-0.3, -0.25) is 9.59 Å². The predicted octanol–water partition coefficient (Wildman–Crippen LogP) is 2.86. The highest BCUT2D eigenvalue weighted by molar-refractivity contribution is 6.01. The second-order valence-electron chi connectivity index (χ2n) is 6.74. The second kappa shape index (κ2) is 11.3. The highest BCUT2D eigenvalue weighted by Gasteiger charge is 2.09. The number of benzene rings is 2. The third-order valence-corrected chi connectivity index (χ3v) is 3.92. The Morgan fingerprint density at radius 1 is 1.10 bits per heavy atom. The molecule has 2 aromatic carbocycles. The largest absolute Gasteiger partial charge is 0.484 e. The van der Waals surface area contributed by atoms with E-state index >= 15 is 0 Å². The molecule has 0 radical (unpaired) electrons. The Labute approximate surface area is 171 Å². The van der Waals surface area contributed by atoms with E-state index in [4.69, 9.17) is 4.74 Å². The van der Waals surface area contributed by atoms with Gasteiger partial charge in [0.15, 0.2) is 6.61 Å². The summed E-state index contributed by atoms with van der Waals surface area (Å²) in [5.74, 6) is -0.0658. The molecule has 2 aromatic rings. The molecule has 29 heavy (non-hydrogen) atoms. The summed E-state index contributed by atoms with van der Waals surface area (Å²) < 4.78 is 5.42. The van der Waals surface area contributed by atoms with Gasteiger partial charge in [-0.05, 0) is 49.6 Å². The number of hydrogen-bond acceptors (Lipinski definition) is 4. The van der Waals surface area contributed by atoms with Crippen molar-refractivity contribution in [3.05, 3.63) is 71.3 Å². The minimum Gasteiger partial charge on any atom is -0.484 e. The monoisotopic (exact) mass is 391 g/mol. The normalized spacial score (nSPS) is 10.9. The lowest BCUT2D eigenvalue weighted by Gasteiger charge is -2.09. The molecule has 2 rings (SSSR count). The molecule has 0 heterocycles. The molecule has 0 saturated carbocycles. The van der Waals surface area contributed by atoms with Crippen LogP contribution in [0.5, 0.6) is 5.75 Å². The zero-order valence-corrected chi connectivity index (χ0v) is 16.6. The highest BCUT2D eigenvalue weighted by atomic mass is 16.5. The standard InChI is InChI=1S/C23H25N3O3/c1-17(2)26-22(27)16-29-21-10-8-19(9-11-21)14-20(15-24)23(28)25-13-12-18-6-4-3-5-7-18/h3-11,14,17H,12-13,16H2,1-2H3,(H,25,28)(H,26,27). The van der Waals surface area contributed by atoms with Crippen molar-refractivity contribution >= 4 is 17.9 Å². The van der Waals surface area contributed by atoms with Crippen molar-refractivity contribution in [3.63, 3.8) is 0 Å². The number of carbonyl (C=O) groups excluding carboxylic acids is 2. The van der Waals surface area contributed by atoms with Gasteiger partial charge in [-0.2, -0.15) is 5.26 Å². The molecule has 0 spiro atoms. The van der Waals surface area contributed by atoms with E-state index in [1.54, 1.807) is 24.3 Å². The van der Waals surface area contributed by atoms with Crippen molar-refractivity contribution in [1.82, 2.24) is 10.6 Å². The quantitative estimate of drug-likeness (QED) is 0.508. The topological polar surface area (TPSA) is 91.2 Å². The molecule has 0 atom stereocenters. The van der Waals surface area contributed by atoms with Crippen LogP contribution in [0.15, 0.2) is 60.2 Å². The SMILES string of the molecule is CC(C)NC(=O)COc1ccc(C=C(C#N)C(=O)NCCc2ccccc2)cc1. The van der Waals surface area contributed by atoms with E-state index in [9.17, 15) is 14.9 Å². The van der Waals surface area contributed by atoms with Gasteiger partial charge in [-0.1, -0.05) is 42.5 Å². The molecule has 0 unspecified atom stereocenters. The fourth-order valence-corrected chi connectivity index (χ4v) is 2.55. The number of nitrogens with zero attached hydrogens (tertiary/aromatic N) is 1. The number of nitriles is 1. The third kappa shape index (κ3) is 7.89. The Bertz CT molecular complexity index is 882. The van der Waals surface area contributed by atoms with Crippen LogP contribution in [-0.4, -0.2) is 31.0 Å². The van der Waals surface area contributed by atoms with E-state index in [1.807, 2.05) is 50.2 Å². The Morgan fingerprint density at radius 2 is 1.79 bits per heavy atom. The lowest BCUT2D eigenvalue weighted by molar-refractivity contribution is -0.123. The minimum absolute atomic E-state index is 0.0306. The van der Waals surface area contributed by atoms with Gasteiger partial charge in [0.2, 0.25) is 0 Å². The summed E-state index contributed by atoms with van der Waals surface area (Å²) in [7, 11) is 0. The molecule has 6 heteroatoms. The second-order valence-corrected chi connectivity index (χ2v) is 6.74. The van der Waals surface area contributed by atoms with E-state index in [1.165, 1.54) is 6.08 Å². The van der Waals surface area contributed by atoms with Crippen LogP contribution in [0.25, 0.3) is 6.08 Å². The van der Waals surface area contributed by atoms with Gasteiger partial charge in [0.1, 0.15) is 17.4 Å². The van der Waals surface area contributed by atoms with E-state index in [0.29, 0.717) is 24.3 Å². The lowest BCUT2D eigenvalue weighted by Crippen LogP contribution is -2.34. The van der Waals surface area contributed by atoms with Gasteiger partial charge < -0.3 is 15.4 Å². The van der Waals surface area contributed by atoms with Crippen molar-refractivity contribution in [3.8, 4) is 11.8 Å². The average molecular weight is 391 g/mol. The highest BCUT2D eigenvalue weighted by Crippen LogP contribution is 2.14. The van der Waals surface area contributed by atoms with Crippen LogP contribution >= 0.6 is 0 Å². The van der Waals surface area contributed by atoms with E-state index in [0.717, 1.165) is 5.56 Å². The molecule has 150 valence electrons. The number of ether oxygens (including phenoxy) is 1. The Hall–Kier alpha value is -3.59. The number of hydrogen-bond donors (Lipinski definition) is 2. The molecule has 0 bridgehead atoms. The fourth-order valence-electron chi connectivity index (χ4n) is 2.55. The first-order valence-electron chi connectivity index (χ1n) is 9.44. The van der Waals surface area contributed by atoms with Crippen LogP contribution < -0.4 is 15.4 Å². The van der Waals surface area contributed by atoms with Crippen molar-refractivity contribution < 1.29 is 14.3 Å². The van der Waals surface area contributed by atoms with Gasteiger partial charge in [0.25, 0.3) is 11.8 Å². The van der Waals surface area contributed by atoms with E-state index in [2.05, 4.69) is 10.6 Å². The summed E-state index contributed by atoms with van der Waals surface area (Å²) in [6.45, 7) is 4.14. The van der Waals surface area contributed by atoms with Crippen LogP contribution in [0.2, 0.25) is 0 Å². The smallest absolute Gasteiger partial charge is 0.261 e. The number of carbonyl (C=O) groups is 2. The molecular formula is C23H25N3O3. The summed E-state index contributed by atoms with van der Waals surface area (Å²) >= 11 is 0. The molecule has 0 aromatic heterocycles. The summed E-state index contributed by atoms with van der Waals surface area (Å²) in [5.41, 5.74) is 1.84. The summed E-state index contributed by atoms with van der Waals surface area (Å²) in [6.07, 6.45) is 2.22. The fraction of sp³-hybridized carbons (Fsp3) is 0.261. The van der Waals surface area contributed by atoms with Gasteiger partial charge >= 0.3 is 0 Å². The van der Waals surface area contributed by atoms with Gasteiger partial charge in [0.05, 0.1) is 0 Å². The Balaban J connectivity index is 1.88. The van der Waals surface area contributed by atoms with Gasteiger partial charge in [0, 0.05) is 12.6 Å². The third-order valence-electron chi connectivity index (χ3n) is 3.92. The molecule has 0 saturated heterocycles. The molecule has 0 aliphatic heterocycles. The number of nitrogens with one attached hydrogen (secondary N) is 2. The maximum absolute atomic E-state index is 12.2. The Kier molecular flexibility index (Phi) is 8.46. The van der Waals surface area contributed by atoms with Gasteiger partial charge in [-0.15, -0.1) is 0 Å². The molecular weight excluding hydrogens is 366 g/mol. The first kappa shape index (κ1) is 21.7. The van der Waals surface area contributed by atoms with Crippen molar-refractivity contribution in [2.45, 2.75) is 26.3 Å². The van der Waals surface area contributed by atoms with Crippen LogP contribution in [-0.2, 0) is 16.0 Å². The lowest BCUT2D eigenvalue weighted by atomic mass is 10.1. The molecule has 6 nitrogen and oxygen atoms in total. The summed E-state index contributed by atoms with van der Waals surface area (Å²) in [5, 5.41) is 14.8. The van der Waals surface area contributed by atoms with Crippen LogP contribution in [0, 0.1) is 11.3 Å². The first-order valence-corrected chi connectivity index (χ1v) is 9.44. The van der Waals surface area contributed by atoms with Crippen LogP contribution in [0.1, 0.15) is 25.0 Å². The molecule has 0 aliphatic rings. The molecule has 2 amide bonds. The summed E-state index contributed by atoms with van der Waals surface area (Å²) in [6, 6.07) is 18.6. The zero-order valence-electron chi connectivity index (χ0n) is 16.6. The maximum atomic E-state index is 12.2. The van der Waals surface area contributed by atoms with E-state index in [-0.39, 0.29) is 24.1 Å². The minimum atomic E-state index is -0.408. The number of rotatable bonds is 9. The average Bonchev–Trinajstić information content (AvgIpc) is 2.71. The van der Waals surface area contributed by atoms with Gasteiger partial charge in [-0.25, -0.2) is 0 Å². The summed E-state index contributed by atoms with van der Waals surface area (Å²) in [4.78, 5) is 23.8.